The zero-order chi connectivity index (χ0) is 23.6. The molecule has 6 aliphatic rings. The van der Waals surface area contributed by atoms with Gasteiger partial charge >= 0.3 is 5.97 Å². The number of aliphatic hydroxyl groups excluding tert-OH is 2. The number of carbonyl (C=O) groups excluding carboxylic acids is 1. The molecule has 5 fully saturated rings. The van der Waals surface area contributed by atoms with Crippen molar-refractivity contribution < 1.29 is 28.6 Å². The van der Waals surface area contributed by atoms with Crippen molar-refractivity contribution in [3.8, 4) is 0 Å². The molecule has 7 nitrogen and oxygen atoms in total. The van der Waals surface area contributed by atoms with Crippen LogP contribution in [-0.4, -0.2) is 65.3 Å². The number of anilines is 1. The Balaban J connectivity index is 1.41. The van der Waals surface area contributed by atoms with Gasteiger partial charge in [0.2, 0.25) is 5.76 Å². The van der Waals surface area contributed by atoms with Crippen LogP contribution >= 0.6 is 0 Å². The van der Waals surface area contributed by atoms with Crippen molar-refractivity contribution in [1.82, 2.24) is 0 Å². The highest BCUT2D eigenvalue weighted by molar-refractivity contribution is 5.86. The molecule has 2 aromatic rings. The lowest BCUT2D eigenvalue weighted by Crippen LogP contribution is -2.82. The van der Waals surface area contributed by atoms with E-state index in [2.05, 4.69) is 43.1 Å². The zero-order valence-electron chi connectivity index (χ0n) is 19.9. The Morgan fingerprint density at radius 2 is 2.03 bits per heavy atom. The van der Waals surface area contributed by atoms with Crippen LogP contribution in [0.5, 0.6) is 0 Å². The van der Waals surface area contributed by atoms with Crippen LogP contribution in [0.3, 0.4) is 0 Å². The van der Waals surface area contributed by atoms with Gasteiger partial charge in [-0.1, -0.05) is 25.1 Å². The number of quaternary nitrogens is 1. The van der Waals surface area contributed by atoms with Gasteiger partial charge in [-0.15, -0.1) is 0 Å². The van der Waals surface area contributed by atoms with Gasteiger partial charge in [0.1, 0.15) is 12.6 Å². The molecule has 6 unspecified atom stereocenters. The van der Waals surface area contributed by atoms with Gasteiger partial charge in [-0.05, 0) is 36.1 Å². The topological polar surface area (TPSA) is 83.1 Å². The van der Waals surface area contributed by atoms with E-state index >= 15 is 0 Å². The van der Waals surface area contributed by atoms with Crippen LogP contribution in [0, 0.1) is 17.8 Å². The fourth-order valence-electron chi connectivity index (χ4n) is 9.65. The number of piperidine rings is 4. The number of aliphatic hydroxyl groups is 2. The van der Waals surface area contributed by atoms with Crippen LogP contribution in [0.1, 0.15) is 48.1 Å². The third kappa shape index (κ3) is 2.10. The maximum Gasteiger partial charge on any atom is 0.373 e. The van der Waals surface area contributed by atoms with Gasteiger partial charge in [0.25, 0.3) is 0 Å². The number of para-hydroxylation sites is 1. The minimum Gasteiger partial charge on any atom is -0.463 e. The van der Waals surface area contributed by atoms with E-state index in [9.17, 15) is 15.0 Å². The highest BCUT2D eigenvalue weighted by Crippen LogP contribution is 2.71. The first kappa shape index (κ1) is 21.0. The average molecular weight is 466 g/mol. The number of furan rings is 1. The molecule has 7 heteroatoms. The SMILES string of the molecule is CCC1[C@H]2CC3C4N(C)c5ccccc5C45C[C@H](C2[C@@H]5O)[N+]3(Cc2ccc(C(=O)OC)o2)[C@@H]1O. The number of ether oxygens (including phenoxy) is 1. The summed E-state index contributed by atoms with van der Waals surface area (Å²) in [6.07, 6.45) is 1.83. The molecule has 2 N–H and O–H groups in total. The highest BCUT2D eigenvalue weighted by Gasteiger charge is 2.83. The van der Waals surface area contributed by atoms with Crippen molar-refractivity contribution in [2.75, 3.05) is 19.1 Å². The first-order valence-corrected chi connectivity index (χ1v) is 12.6. The molecule has 180 valence electrons. The summed E-state index contributed by atoms with van der Waals surface area (Å²) in [5.41, 5.74) is 2.20. The van der Waals surface area contributed by atoms with Crippen molar-refractivity contribution in [3.63, 3.8) is 0 Å². The number of rotatable bonds is 4. The largest absolute Gasteiger partial charge is 0.463 e. The molecule has 5 aliphatic heterocycles. The maximum atomic E-state index is 12.1. The van der Waals surface area contributed by atoms with Gasteiger partial charge in [0.05, 0.1) is 30.7 Å². The first-order chi connectivity index (χ1) is 16.4. The van der Waals surface area contributed by atoms with Crippen LogP contribution in [0.25, 0.3) is 0 Å². The number of fused-ring (bicyclic) bond motifs is 2. The normalized spacial score (nSPS) is 44.9. The number of esters is 1. The molecule has 1 spiro atoms. The molecule has 34 heavy (non-hydrogen) atoms. The molecule has 1 saturated carbocycles. The fraction of sp³-hybridized carbons (Fsp3) is 0.593. The predicted molar refractivity (Wildman–Crippen MR) is 124 cm³/mol. The lowest BCUT2D eigenvalue weighted by Gasteiger charge is -2.67. The Morgan fingerprint density at radius 3 is 2.79 bits per heavy atom. The second-order valence-electron chi connectivity index (χ2n) is 11.3. The summed E-state index contributed by atoms with van der Waals surface area (Å²) in [5.74, 6) is 1.04. The number of likely N-dealkylation sites (N-methyl/N-ethyl adjacent to an activating group) is 1. The van der Waals surface area contributed by atoms with Crippen LogP contribution in [0.4, 0.5) is 5.69 Å². The van der Waals surface area contributed by atoms with E-state index in [1.807, 2.05) is 6.07 Å². The van der Waals surface area contributed by atoms with Gasteiger partial charge in [0, 0.05) is 37.4 Å². The molecule has 4 saturated heterocycles. The Hall–Kier alpha value is -2.35. The summed E-state index contributed by atoms with van der Waals surface area (Å²) in [4.78, 5) is 14.4. The average Bonchev–Trinajstić information content (AvgIpc) is 3.47. The summed E-state index contributed by atoms with van der Waals surface area (Å²) < 4.78 is 11.3. The van der Waals surface area contributed by atoms with Crippen LogP contribution in [-0.2, 0) is 16.7 Å². The van der Waals surface area contributed by atoms with Gasteiger partial charge in [-0.25, -0.2) is 4.79 Å². The smallest absolute Gasteiger partial charge is 0.373 e. The van der Waals surface area contributed by atoms with Crippen molar-refractivity contribution in [3.05, 3.63) is 53.5 Å². The molecule has 5 bridgehead atoms. The van der Waals surface area contributed by atoms with Crippen molar-refractivity contribution in [2.45, 2.75) is 68.6 Å². The van der Waals surface area contributed by atoms with E-state index in [1.165, 1.54) is 18.4 Å². The lowest BCUT2D eigenvalue weighted by molar-refractivity contribution is -1.05. The molecular formula is C27H33N2O5+. The van der Waals surface area contributed by atoms with Crippen molar-refractivity contribution in [1.29, 1.82) is 0 Å². The fourth-order valence-corrected chi connectivity index (χ4v) is 9.65. The Kier molecular flexibility index (Phi) is 4.10. The second kappa shape index (κ2) is 6.65. The lowest BCUT2D eigenvalue weighted by atomic mass is 9.60. The number of benzene rings is 1. The van der Waals surface area contributed by atoms with E-state index in [0.29, 0.717) is 22.7 Å². The zero-order valence-corrected chi connectivity index (χ0v) is 19.9. The minimum absolute atomic E-state index is 0.119. The Bertz CT molecular complexity index is 1180. The summed E-state index contributed by atoms with van der Waals surface area (Å²) >= 11 is 0. The van der Waals surface area contributed by atoms with E-state index < -0.39 is 18.3 Å². The summed E-state index contributed by atoms with van der Waals surface area (Å²) in [5, 5.41) is 24.1. The maximum absolute atomic E-state index is 12.1. The van der Waals surface area contributed by atoms with E-state index in [-0.39, 0.29) is 41.1 Å². The second-order valence-corrected chi connectivity index (χ2v) is 11.3. The third-order valence-electron chi connectivity index (χ3n) is 10.6. The Morgan fingerprint density at radius 1 is 1.24 bits per heavy atom. The standard InChI is InChI=1S/C27H33N2O5/c1-4-15-16-11-19-23-27(17-7-5-6-8-18(17)28(23)2)12-20(22(16)24(27)30)29(19,25(15)31)13-14-9-10-21(34-14)26(32)33-3/h5-10,15-16,19-20,22-25,30-31H,4,11-13H2,1-3H3/q+1/t15?,16-,19?,20-,22?,23?,24+,25-,27?,29?/m1/s1. The quantitative estimate of drug-likeness (QED) is 0.534. The Labute approximate surface area is 199 Å². The number of hydrogen-bond donors (Lipinski definition) is 2. The van der Waals surface area contributed by atoms with Crippen LogP contribution in [0.2, 0.25) is 0 Å². The van der Waals surface area contributed by atoms with E-state index in [4.69, 9.17) is 9.15 Å². The molecule has 6 heterocycles. The van der Waals surface area contributed by atoms with Gasteiger partial charge < -0.3 is 24.3 Å². The first-order valence-electron chi connectivity index (χ1n) is 12.6. The van der Waals surface area contributed by atoms with Crippen LogP contribution < -0.4 is 4.90 Å². The monoisotopic (exact) mass is 465 g/mol. The molecule has 0 radical (unpaired) electrons. The molecule has 1 aliphatic carbocycles. The summed E-state index contributed by atoms with van der Waals surface area (Å²) in [7, 11) is 3.51. The van der Waals surface area contributed by atoms with Crippen LogP contribution in [0.15, 0.2) is 40.8 Å². The van der Waals surface area contributed by atoms with Crippen molar-refractivity contribution >= 4 is 11.7 Å². The highest BCUT2D eigenvalue weighted by atomic mass is 16.5. The molecule has 1 aromatic carbocycles. The van der Waals surface area contributed by atoms with Gasteiger partial charge in [0.15, 0.2) is 12.0 Å². The van der Waals surface area contributed by atoms with E-state index in [0.717, 1.165) is 19.3 Å². The van der Waals surface area contributed by atoms with Crippen molar-refractivity contribution in [2.24, 2.45) is 17.8 Å². The molecular weight excluding hydrogens is 432 g/mol. The molecule has 10 atom stereocenters. The molecule has 1 aromatic heterocycles. The molecule has 0 amide bonds. The third-order valence-corrected chi connectivity index (χ3v) is 10.6. The number of carbonyl (C=O) groups is 1. The van der Waals surface area contributed by atoms with Gasteiger partial charge in [-0.2, -0.15) is 0 Å². The number of methoxy groups -OCH3 is 1. The summed E-state index contributed by atoms with van der Waals surface area (Å²) in [6.45, 7) is 2.69. The van der Waals surface area contributed by atoms with Gasteiger partial charge in [-0.3, -0.25) is 4.48 Å². The van der Waals surface area contributed by atoms with E-state index in [1.54, 1.807) is 6.07 Å². The predicted octanol–water partition coefficient (Wildman–Crippen LogP) is 2.65. The minimum atomic E-state index is -0.512. The molecule has 8 rings (SSSR count). The number of nitrogens with zero attached hydrogens (tertiary/aromatic N) is 2. The number of hydrogen-bond acceptors (Lipinski definition) is 6. The summed E-state index contributed by atoms with van der Waals surface area (Å²) in [6, 6.07) is 12.6.